The van der Waals surface area contributed by atoms with Gasteiger partial charge in [0.1, 0.15) is 18.1 Å². The van der Waals surface area contributed by atoms with Gasteiger partial charge in [0, 0.05) is 0 Å². The van der Waals surface area contributed by atoms with Crippen molar-refractivity contribution in [1.29, 1.82) is 0 Å². The predicted molar refractivity (Wildman–Crippen MR) is 57.4 cm³/mol. The number of benzene rings is 1. The Morgan fingerprint density at radius 1 is 1.38 bits per heavy atom. The molecule has 4 nitrogen and oxygen atoms in total. The summed E-state index contributed by atoms with van der Waals surface area (Å²) in [6.45, 7) is 2.04. The van der Waals surface area contributed by atoms with Gasteiger partial charge in [0.25, 0.3) is 0 Å². The zero-order valence-electron chi connectivity index (χ0n) is 8.84. The van der Waals surface area contributed by atoms with Crippen LogP contribution < -0.4 is 4.74 Å². The molecule has 0 unspecified atom stereocenters. The number of nitrogens with zero attached hydrogens (tertiary/aromatic N) is 1. The summed E-state index contributed by atoms with van der Waals surface area (Å²) in [5.74, 6) is 1.36. The molecule has 1 aromatic carbocycles. The molecule has 2 aromatic rings. The van der Waals surface area contributed by atoms with E-state index in [9.17, 15) is 4.79 Å². The molecule has 0 aliphatic heterocycles. The zero-order valence-corrected chi connectivity index (χ0v) is 8.84. The van der Waals surface area contributed by atoms with Gasteiger partial charge in [-0.15, -0.1) is 0 Å². The molecule has 0 amide bonds. The van der Waals surface area contributed by atoms with Crippen LogP contribution >= 0.6 is 0 Å². The Labute approximate surface area is 92.8 Å². The molecule has 0 fully saturated rings. The molecule has 0 aliphatic carbocycles. The molecule has 0 spiro atoms. The molecule has 82 valence electrons. The topological polar surface area (TPSA) is 52.3 Å². The molecular formula is C12H11NO3. The fourth-order valence-corrected chi connectivity index (χ4v) is 1.35. The van der Waals surface area contributed by atoms with Gasteiger partial charge in [-0.1, -0.05) is 23.4 Å². The minimum absolute atomic E-state index is 0.285. The lowest BCUT2D eigenvalue weighted by Gasteiger charge is -2.04. The lowest BCUT2D eigenvalue weighted by atomic mass is 10.2. The van der Waals surface area contributed by atoms with Crippen LogP contribution in [0.15, 0.2) is 34.9 Å². The molecule has 2 rings (SSSR count). The van der Waals surface area contributed by atoms with E-state index in [-0.39, 0.29) is 6.61 Å². The second-order valence-electron chi connectivity index (χ2n) is 3.32. The summed E-state index contributed by atoms with van der Waals surface area (Å²) in [4.78, 5) is 10.7. The number of aldehydes is 1. The lowest BCUT2D eigenvalue weighted by Crippen LogP contribution is -1.99. The Hall–Kier alpha value is -2.10. The smallest absolute Gasteiger partial charge is 0.172 e. The van der Waals surface area contributed by atoms with Crippen molar-refractivity contribution in [2.75, 3.05) is 0 Å². The van der Waals surface area contributed by atoms with Crippen LogP contribution in [-0.2, 0) is 6.61 Å². The third kappa shape index (κ3) is 2.11. The number of rotatable bonds is 4. The van der Waals surface area contributed by atoms with Crippen LogP contribution in [0, 0.1) is 6.92 Å². The first kappa shape index (κ1) is 10.4. The molecule has 0 bridgehead atoms. The molecule has 0 radical (unpaired) electrons. The van der Waals surface area contributed by atoms with E-state index < -0.39 is 0 Å². The average Bonchev–Trinajstić information content (AvgIpc) is 2.69. The first-order valence-electron chi connectivity index (χ1n) is 4.89. The number of para-hydroxylation sites is 1. The summed E-state index contributed by atoms with van der Waals surface area (Å²) in [7, 11) is 0. The van der Waals surface area contributed by atoms with Crippen LogP contribution in [0.25, 0.3) is 0 Å². The molecule has 1 heterocycles. The normalized spacial score (nSPS) is 10.1. The second-order valence-corrected chi connectivity index (χ2v) is 3.32. The Morgan fingerprint density at radius 3 is 2.81 bits per heavy atom. The SMILES string of the molecule is Cc1onc(C=O)c1COc1ccccc1. The van der Waals surface area contributed by atoms with Crippen LogP contribution in [0.5, 0.6) is 5.75 Å². The molecule has 0 saturated carbocycles. The Morgan fingerprint density at radius 2 is 2.12 bits per heavy atom. The molecule has 4 heteroatoms. The standard InChI is InChI=1S/C12H11NO3/c1-9-11(12(7-14)13-16-9)8-15-10-5-3-2-4-6-10/h2-7H,8H2,1H3. The van der Waals surface area contributed by atoms with Crippen molar-refractivity contribution in [1.82, 2.24) is 5.16 Å². The maximum Gasteiger partial charge on any atom is 0.172 e. The summed E-state index contributed by atoms with van der Waals surface area (Å²) >= 11 is 0. The van der Waals surface area contributed by atoms with Gasteiger partial charge in [-0.2, -0.15) is 0 Å². The lowest BCUT2D eigenvalue weighted by molar-refractivity contribution is 0.111. The van der Waals surface area contributed by atoms with Crippen molar-refractivity contribution in [2.24, 2.45) is 0 Å². The highest BCUT2D eigenvalue weighted by Gasteiger charge is 2.12. The van der Waals surface area contributed by atoms with Crippen molar-refractivity contribution < 1.29 is 14.1 Å². The summed E-state index contributed by atoms with van der Waals surface area (Å²) in [6.07, 6.45) is 0.667. The molecule has 0 aliphatic rings. The van der Waals surface area contributed by atoms with Crippen molar-refractivity contribution in [3.63, 3.8) is 0 Å². The molecule has 16 heavy (non-hydrogen) atoms. The second kappa shape index (κ2) is 4.61. The van der Waals surface area contributed by atoms with E-state index in [4.69, 9.17) is 9.26 Å². The highest BCUT2D eigenvalue weighted by molar-refractivity contribution is 5.74. The number of hydrogen-bond donors (Lipinski definition) is 0. The van der Waals surface area contributed by atoms with Crippen LogP contribution in [0.1, 0.15) is 21.8 Å². The largest absolute Gasteiger partial charge is 0.489 e. The average molecular weight is 217 g/mol. The summed E-state index contributed by atoms with van der Waals surface area (Å²) < 4.78 is 10.4. The monoisotopic (exact) mass is 217 g/mol. The van der Waals surface area contributed by atoms with E-state index >= 15 is 0 Å². The van der Waals surface area contributed by atoms with Crippen LogP contribution in [-0.4, -0.2) is 11.4 Å². The molecule has 1 aromatic heterocycles. The van der Waals surface area contributed by atoms with Crippen LogP contribution in [0.4, 0.5) is 0 Å². The third-order valence-electron chi connectivity index (χ3n) is 2.25. The number of ether oxygens (including phenoxy) is 1. The maximum absolute atomic E-state index is 10.7. The maximum atomic E-state index is 10.7. The van der Waals surface area contributed by atoms with Gasteiger partial charge in [-0.25, -0.2) is 0 Å². The highest BCUT2D eigenvalue weighted by atomic mass is 16.5. The van der Waals surface area contributed by atoms with E-state index in [1.165, 1.54) is 0 Å². The number of aromatic nitrogens is 1. The van der Waals surface area contributed by atoms with E-state index in [1.54, 1.807) is 6.92 Å². The van der Waals surface area contributed by atoms with Crippen LogP contribution in [0.3, 0.4) is 0 Å². The van der Waals surface area contributed by atoms with E-state index in [1.807, 2.05) is 30.3 Å². The number of aryl methyl sites for hydroxylation is 1. The molecule has 0 saturated heterocycles. The fraction of sp³-hybridized carbons (Fsp3) is 0.167. The van der Waals surface area contributed by atoms with Crippen molar-refractivity contribution in [3.8, 4) is 5.75 Å². The Kier molecular flexibility index (Phi) is 3.00. The van der Waals surface area contributed by atoms with Gasteiger partial charge < -0.3 is 9.26 Å². The van der Waals surface area contributed by atoms with Gasteiger partial charge in [0.15, 0.2) is 12.0 Å². The van der Waals surface area contributed by atoms with E-state index in [0.29, 0.717) is 23.3 Å². The van der Waals surface area contributed by atoms with Crippen molar-refractivity contribution >= 4 is 6.29 Å². The number of carbonyl (C=O) groups is 1. The van der Waals surface area contributed by atoms with Crippen molar-refractivity contribution in [2.45, 2.75) is 13.5 Å². The molecule has 0 atom stereocenters. The molecular weight excluding hydrogens is 206 g/mol. The first-order chi connectivity index (χ1) is 7.81. The number of hydrogen-bond acceptors (Lipinski definition) is 4. The minimum Gasteiger partial charge on any atom is -0.489 e. The van der Waals surface area contributed by atoms with Gasteiger partial charge >= 0.3 is 0 Å². The van der Waals surface area contributed by atoms with E-state index in [2.05, 4.69) is 5.16 Å². The van der Waals surface area contributed by atoms with Crippen molar-refractivity contribution in [3.05, 3.63) is 47.3 Å². The third-order valence-corrected chi connectivity index (χ3v) is 2.25. The summed E-state index contributed by atoms with van der Waals surface area (Å²) in [6, 6.07) is 9.38. The van der Waals surface area contributed by atoms with Crippen LogP contribution in [0.2, 0.25) is 0 Å². The fourth-order valence-electron chi connectivity index (χ4n) is 1.35. The highest BCUT2D eigenvalue weighted by Crippen LogP contribution is 2.16. The summed E-state index contributed by atoms with van der Waals surface area (Å²) in [5, 5.41) is 3.62. The quantitative estimate of drug-likeness (QED) is 0.738. The number of carbonyl (C=O) groups excluding carboxylic acids is 1. The van der Waals surface area contributed by atoms with Gasteiger partial charge in [-0.3, -0.25) is 4.79 Å². The Bertz CT molecular complexity index is 476. The zero-order chi connectivity index (χ0) is 11.4. The first-order valence-corrected chi connectivity index (χ1v) is 4.89. The van der Waals surface area contributed by atoms with Gasteiger partial charge in [0.05, 0.1) is 5.56 Å². The Balaban J connectivity index is 2.10. The van der Waals surface area contributed by atoms with Gasteiger partial charge in [-0.05, 0) is 19.1 Å². The minimum atomic E-state index is 0.285. The molecule has 0 N–H and O–H groups in total. The predicted octanol–water partition coefficient (Wildman–Crippen LogP) is 2.37. The van der Waals surface area contributed by atoms with Gasteiger partial charge in [0.2, 0.25) is 0 Å². The summed E-state index contributed by atoms with van der Waals surface area (Å²) in [5.41, 5.74) is 0.993. The van der Waals surface area contributed by atoms with E-state index in [0.717, 1.165) is 5.75 Å².